The quantitative estimate of drug-likeness (QED) is 0.878. The van der Waals surface area contributed by atoms with Gasteiger partial charge in [-0.25, -0.2) is 4.39 Å². The van der Waals surface area contributed by atoms with Crippen molar-refractivity contribution in [3.63, 3.8) is 0 Å². The van der Waals surface area contributed by atoms with Crippen LogP contribution in [0.1, 0.15) is 29.7 Å². The van der Waals surface area contributed by atoms with E-state index in [1.54, 1.807) is 6.07 Å². The van der Waals surface area contributed by atoms with Gasteiger partial charge in [-0.05, 0) is 25.1 Å². The maximum atomic E-state index is 14.2. The molecule has 0 heterocycles. The molecule has 2 aromatic carbocycles. The van der Waals surface area contributed by atoms with Crippen LogP contribution in [0.2, 0.25) is 0 Å². The Bertz CT molecular complexity index is 569. The van der Waals surface area contributed by atoms with E-state index < -0.39 is 0 Å². The zero-order chi connectivity index (χ0) is 15.2. The minimum Gasteiger partial charge on any atom is -0.329 e. The van der Waals surface area contributed by atoms with Crippen LogP contribution in [0.25, 0.3) is 0 Å². The van der Waals surface area contributed by atoms with Gasteiger partial charge in [0.25, 0.3) is 0 Å². The van der Waals surface area contributed by atoms with Crippen molar-refractivity contribution in [2.75, 3.05) is 13.1 Å². The highest BCUT2D eigenvalue weighted by molar-refractivity contribution is 5.27. The Hall–Kier alpha value is -1.71. The van der Waals surface area contributed by atoms with Crippen LogP contribution in [0.3, 0.4) is 0 Å². The summed E-state index contributed by atoms with van der Waals surface area (Å²) in [5.41, 5.74) is 8.91. The highest BCUT2D eigenvalue weighted by Gasteiger charge is 2.21. The van der Waals surface area contributed by atoms with E-state index >= 15 is 0 Å². The number of halogens is 1. The number of benzene rings is 2. The van der Waals surface area contributed by atoms with Crippen molar-refractivity contribution < 1.29 is 4.39 Å². The molecule has 0 saturated carbocycles. The first-order valence-corrected chi connectivity index (χ1v) is 7.39. The molecule has 1 unspecified atom stereocenters. The largest absolute Gasteiger partial charge is 0.329 e. The van der Waals surface area contributed by atoms with Crippen LogP contribution in [0.4, 0.5) is 4.39 Å². The Kier molecular flexibility index (Phi) is 5.48. The Morgan fingerprint density at radius 1 is 1.14 bits per heavy atom. The molecule has 0 fully saturated rings. The van der Waals surface area contributed by atoms with E-state index in [1.807, 2.05) is 31.2 Å². The SMILES string of the molecule is CCN(Cc1ccccc1)C(CN)c1cc(C)ccc1F. The van der Waals surface area contributed by atoms with E-state index in [0.29, 0.717) is 12.1 Å². The normalized spacial score (nSPS) is 12.6. The summed E-state index contributed by atoms with van der Waals surface area (Å²) in [5, 5.41) is 0. The molecule has 0 spiro atoms. The third-order valence-electron chi connectivity index (χ3n) is 3.81. The molecular formula is C18H23FN2. The van der Waals surface area contributed by atoms with Crippen molar-refractivity contribution in [2.24, 2.45) is 5.73 Å². The summed E-state index contributed by atoms with van der Waals surface area (Å²) in [5.74, 6) is -0.178. The third-order valence-corrected chi connectivity index (χ3v) is 3.81. The van der Waals surface area contributed by atoms with Gasteiger partial charge in [-0.2, -0.15) is 0 Å². The highest BCUT2D eigenvalue weighted by Crippen LogP contribution is 2.25. The van der Waals surface area contributed by atoms with Gasteiger partial charge in [0.05, 0.1) is 6.04 Å². The smallest absolute Gasteiger partial charge is 0.128 e. The Morgan fingerprint density at radius 3 is 2.48 bits per heavy atom. The van der Waals surface area contributed by atoms with Crippen LogP contribution in [0.5, 0.6) is 0 Å². The first kappa shape index (κ1) is 15.7. The van der Waals surface area contributed by atoms with Crippen molar-refractivity contribution in [1.29, 1.82) is 0 Å². The monoisotopic (exact) mass is 286 g/mol. The minimum absolute atomic E-state index is 0.102. The number of hydrogen-bond acceptors (Lipinski definition) is 2. The average molecular weight is 286 g/mol. The van der Waals surface area contributed by atoms with E-state index in [9.17, 15) is 4.39 Å². The molecule has 2 aromatic rings. The summed E-state index contributed by atoms with van der Waals surface area (Å²) in [7, 11) is 0. The molecule has 0 saturated heterocycles. The van der Waals surface area contributed by atoms with Crippen LogP contribution >= 0.6 is 0 Å². The summed E-state index contributed by atoms with van der Waals surface area (Å²) >= 11 is 0. The average Bonchev–Trinajstić information content (AvgIpc) is 2.51. The lowest BCUT2D eigenvalue weighted by Crippen LogP contribution is -2.34. The lowest BCUT2D eigenvalue weighted by atomic mass is 10.0. The lowest BCUT2D eigenvalue weighted by molar-refractivity contribution is 0.199. The van der Waals surface area contributed by atoms with Gasteiger partial charge in [0.1, 0.15) is 5.82 Å². The van der Waals surface area contributed by atoms with Crippen molar-refractivity contribution in [3.8, 4) is 0 Å². The van der Waals surface area contributed by atoms with Gasteiger partial charge < -0.3 is 5.73 Å². The van der Waals surface area contributed by atoms with E-state index in [-0.39, 0.29) is 11.9 Å². The summed E-state index contributed by atoms with van der Waals surface area (Å²) < 4.78 is 14.2. The van der Waals surface area contributed by atoms with Crippen LogP contribution < -0.4 is 5.73 Å². The first-order valence-electron chi connectivity index (χ1n) is 7.39. The standard InChI is InChI=1S/C18H23FN2/c1-3-21(13-15-7-5-4-6-8-15)18(12-20)16-11-14(2)9-10-17(16)19/h4-11,18H,3,12-13,20H2,1-2H3. The van der Waals surface area contributed by atoms with E-state index in [1.165, 1.54) is 11.6 Å². The Morgan fingerprint density at radius 2 is 1.86 bits per heavy atom. The molecule has 21 heavy (non-hydrogen) atoms. The Labute approximate surface area is 126 Å². The van der Waals surface area contributed by atoms with Gasteiger partial charge in [-0.15, -0.1) is 0 Å². The molecule has 0 aliphatic carbocycles. The van der Waals surface area contributed by atoms with Crippen LogP contribution in [0, 0.1) is 12.7 Å². The van der Waals surface area contributed by atoms with Crippen LogP contribution in [-0.4, -0.2) is 18.0 Å². The zero-order valence-corrected chi connectivity index (χ0v) is 12.7. The van der Waals surface area contributed by atoms with Crippen molar-refractivity contribution >= 4 is 0 Å². The number of hydrogen-bond donors (Lipinski definition) is 1. The fraction of sp³-hybridized carbons (Fsp3) is 0.333. The molecule has 2 nitrogen and oxygen atoms in total. The molecule has 1 atom stereocenters. The molecule has 0 aromatic heterocycles. The highest BCUT2D eigenvalue weighted by atomic mass is 19.1. The number of likely N-dealkylation sites (N-methyl/N-ethyl adjacent to an activating group) is 1. The zero-order valence-electron chi connectivity index (χ0n) is 12.7. The predicted molar refractivity (Wildman–Crippen MR) is 85.5 cm³/mol. The summed E-state index contributed by atoms with van der Waals surface area (Å²) in [6.07, 6.45) is 0. The van der Waals surface area contributed by atoms with Crippen molar-refractivity contribution in [3.05, 3.63) is 71.0 Å². The maximum Gasteiger partial charge on any atom is 0.128 e. The number of nitrogens with two attached hydrogens (primary N) is 1. The summed E-state index contributed by atoms with van der Waals surface area (Å²) in [6, 6.07) is 15.3. The molecule has 0 amide bonds. The molecule has 0 radical (unpaired) electrons. The van der Waals surface area contributed by atoms with Crippen molar-refractivity contribution in [1.82, 2.24) is 4.90 Å². The van der Waals surface area contributed by atoms with Gasteiger partial charge in [0.15, 0.2) is 0 Å². The minimum atomic E-state index is -0.178. The molecule has 0 aliphatic rings. The van der Waals surface area contributed by atoms with Crippen LogP contribution in [0.15, 0.2) is 48.5 Å². The molecule has 2 rings (SSSR count). The molecule has 0 aliphatic heterocycles. The second kappa shape index (κ2) is 7.34. The van der Waals surface area contributed by atoms with E-state index in [0.717, 1.165) is 18.7 Å². The van der Waals surface area contributed by atoms with Gasteiger partial charge in [0, 0.05) is 18.7 Å². The van der Waals surface area contributed by atoms with E-state index in [2.05, 4.69) is 24.0 Å². The van der Waals surface area contributed by atoms with Gasteiger partial charge in [-0.1, -0.05) is 55.0 Å². The van der Waals surface area contributed by atoms with Crippen molar-refractivity contribution in [2.45, 2.75) is 26.4 Å². The summed E-state index contributed by atoms with van der Waals surface area (Å²) in [4.78, 5) is 2.22. The van der Waals surface area contributed by atoms with Gasteiger partial charge in [-0.3, -0.25) is 4.90 Å². The lowest BCUT2D eigenvalue weighted by Gasteiger charge is -2.30. The number of aryl methyl sites for hydroxylation is 1. The third kappa shape index (κ3) is 3.90. The molecular weight excluding hydrogens is 263 g/mol. The second-order valence-electron chi connectivity index (χ2n) is 5.33. The second-order valence-corrected chi connectivity index (χ2v) is 5.33. The fourth-order valence-electron chi connectivity index (χ4n) is 2.65. The molecule has 3 heteroatoms. The topological polar surface area (TPSA) is 29.3 Å². The van der Waals surface area contributed by atoms with Crippen LogP contribution in [-0.2, 0) is 6.54 Å². The Balaban J connectivity index is 2.27. The summed E-state index contributed by atoms with van der Waals surface area (Å²) in [6.45, 7) is 6.06. The fourth-order valence-corrected chi connectivity index (χ4v) is 2.65. The first-order chi connectivity index (χ1) is 10.2. The predicted octanol–water partition coefficient (Wildman–Crippen LogP) is 3.66. The molecule has 2 N–H and O–H groups in total. The van der Waals surface area contributed by atoms with E-state index in [4.69, 9.17) is 5.73 Å². The molecule has 0 bridgehead atoms. The van der Waals surface area contributed by atoms with Gasteiger partial charge >= 0.3 is 0 Å². The number of rotatable bonds is 6. The molecule has 112 valence electrons. The maximum absolute atomic E-state index is 14.2. The number of nitrogens with zero attached hydrogens (tertiary/aromatic N) is 1. The van der Waals surface area contributed by atoms with Gasteiger partial charge in [0.2, 0.25) is 0 Å².